The maximum absolute atomic E-state index is 13.2. The Morgan fingerprint density at radius 1 is 0.805 bits per heavy atom. The summed E-state index contributed by atoms with van der Waals surface area (Å²) in [4.78, 5) is 21.4. The number of carbonyl (C=O) groups is 1. The second kappa shape index (κ2) is 12.0. The maximum atomic E-state index is 13.2. The smallest absolute Gasteiger partial charge is 0.342 e. The van der Waals surface area contributed by atoms with Crippen LogP contribution in [0.5, 0.6) is 0 Å². The van der Waals surface area contributed by atoms with E-state index in [0.29, 0.717) is 17.8 Å². The normalized spacial score (nSPS) is 10.9. The number of thiazole rings is 1. The SMILES string of the molecule is CCOC(=O)c1cn(-c2ccccc2)nc1-c1sc(N(Cc2ccccc2)c2ccccc2)nc1-c1ccccc1. The van der Waals surface area contributed by atoms with Crippen molar-refractivity contribution in [2.24, 2.45) is 0 Å². The largest absolute Gasteiger partial charge is 0.462 e. The number of hydrogen-bond acceptors (Lipinski definition) is 6. The summed E-state index contributed by atoms with van der Waals surface area (Å²) in [5, 5.41) is 5.74. The van der Waals surface area contributed by atoms with Crippen molar-refractivity contribution >= 4 is 28.1 Å². The van der Waals surface area contributed by atoms with Gasteiger partial charge in [0.2, 0.25) is 0 Å². The monoisotopic (exact) mass is 556 g/mol. The highest BCUT2D eigenvalue weighted by molar-refractivity contribution is 7.19. The molecule has 0 fully saturated rings. The highest BCUT2D eigenvalue weighted by atomic mass is 32.1. The number of para-hydroxylation sites is 2. The predicted molar refractivity (Wildman–Crippen MR) is 165 cm³/mol. The van der Waals surface area contributed by atoms with Crippen molar-refractivity contribution in [1.29, 1.82) is 0 Å². The molecule has 0 bridgehead atoms. The average Bonchev–Trinajstić information content (AvgIpc) is 3.67. The number of esters is 1. The van der Waals surface area contributed by atoms with Crippen molar-refractivity contribution in [1.82, 2.24) is 14.8 Å². The summed E-state index contributed by atoms with van der Waals surface area (Å²) in [7, 11) is 0. The van der Waals surface area contributed by atoms with Gasteiger partial charge in [-0.05, 0) is 36.8 Å². The minimum absolute atomic E-state index is 0.271. The van der Waals surface area contributed by atoms with Crippen LogP contribution in [0.3, 0.4) is 0 Å². The van der Waals surface area contributed by atoms with Crippen LogP contribution in [0, 0.1) is 0 Å². The zero-order valence-electron chi connectivity index (χ0n) is 22.6. The van der Waals surface area contributed by atoms with E-state index in [-0.39, 0.29) is 6.61 Å². The molecule has 0 amide bonds. The van der Waals surface area contributed by atoms with Crippen LogP contribution < -0.4 is 4.90 Å². The van der Waals surface area contributed by atoms with Crippen LogP contribution in [0.2, 0.25) is 0 Å². The molecule has 0 N–H and O–H groups in total. The van der Waals surface area contributed by atoms with Gasteiger partial charge in [0, 0.05) is 17.4 Å². The Hall–Kier alpha value is -5.01. The minimum Gasteiger partial charge on any atom is -0.462 e. The molecule has 0 unspecified atom stereocenters. The van der Waals surface area contributed by atoms with Gasteiger partial charge in [0.05, 0.1) is 29.4 Å². The highest BCUT2D eigenvalue weighted by Crippen LogP contribution is 2.43. The van der Waals surface area contributed by atoms with E-state index in [9.17, 15) is 4.79 Å². The minimum atomic E-state index is -0.414. The van der Waals surface area contributed by atoms with Crippen molar-refractivity contribution in [3.05, 3.63) is 139 Å². The van der Waals surface area contributed by atoms with Gasteiger partial charge in [-0.25, -0.2) is 14.5 Å². The molecule has 0 aliphatic carbocycles. The third-order valence-corrected chi connectivity index (χ3v) is 7.68. The van der Waals surface area contributed by atoms with Gasteiger partial charge < -0.3 is 9.64 Å². The van der Waals surface area contributed by atoms with E-state index in [1.54, 1.807) is 17.8 Å². The number of anilines is 2. The van der Waals surface area contributed by atoms with Crippen molar-refractivity contribution in [3.63, 3.8) is 0 Å². The summed E-state index contributed by atoms with van der Waals surface area (Å²) in [5.74, 6) is -0.414. The summed E-state index contributed by atoms with van der Waals surface area (Å²) in [6.45, 7) is 2.71. The highest BCUT2D eigenvalue weighted by Gasteiger charge is 2.27. The van der Waals surface area contributed by atoms with Crippen LogP contribution in [0.1, 0.15) is 22.8 Å². The molecular weight excluding hydrogens is 528 g/mol. The summed E-state index contributed by atoms with van der Waals surface area (Å²) in [5.41, 5.74) is 5.70. The number of rotatable bonds is 9. The Balaban J connectivity index is 1.55. The van der Waals surface area contributed by atoms with E-state index in [2.05, 4.69) is 29.2 Å². The number of nitrogens with zero attached hydrogens (tertiary/aromatic N) is 4. The first-order valence-electron chi connectivity index (χ1n) is 13.5. The summed E-state index contributed by atoms with van der Waals surface area (Å²) in [6, 6.07) is 40.4. The van der Waals surface area contributed by atoms with Crippen molar-refractivity contribution < 1.29 is 9.53 Å². The van der Waals surface area contributed by atoms with Gasteiger partial charge in [-0.1, -0.05) is 108 Å². The Morgan fingerprint density at radius 2 is 1.41 bits per heavy atom. The van der Waals surface area contributed by atoms with E-state index in [1.807, 2.05) is 97.1 Å². The van der Waals surface area contributed by atoms with Crippen molar-refractivity contribution in [3.8, 4) is 27.5 Å². The van der Waals surface area contributed by atoms with Crippen LogP contribution in [0.25, 0.3) is 27.5 Å². The molecule has 6 aromatic rings. The van der Waals surface area contributed by atoms with E-state index in [4.69, 9.17) is 14.8 Å². The van der Waals surface area contributed by atoms with E-state index in [1.165, 1.54) is 11.3 Å². The lowest BCUT2D eigenvalue weighted by Gasteiger charge is -2.22. The van der Waals surface area contributed by atoms with Gasteiger partial charge >= 0.3 is 5.97 Å². The molecular formula is C34H28N4O2S. The fourth-order valence-electron chi connectivity index (χ4n) is 4.63. The molecule has 6 nitrogen and oxygen atoms in total. The fraction of sp³-hybridized carbons (Fsp3) is 0.0882. The fourth-order valence-corrected chi connectivity index (χ4v) is 5.74. The van der Waals surface area contributed by atoms with Crippen LogP contribution in [0.15, 0.2) is 128 Å². The number of benzene rings is 4. The summed E-state index contributed by atoms with van der Waals surface area (Å²) in [6.07, 6.45) is 1.75. The lowest BCUT2D eigenvalue weighted by atomic mass is 10.1. The third kappa shape index (κ3) is 5.66. The Morgan fingerprint density at radius 3 is 2.07 bits per heavy atom. The van der Waals surface area contributed by atoms with Crippen molar-refractivity contribution in [2.45, 2.75) is 13.5 Å². The number of ether oxygens (including phenoxy) is 1. The molecule has 0 spiro atoms. The number of carbonyl (C=O) groups excluding carboxylic acids is 1. The Labute approximate surface area is 243 Å². The second-order valence-corrected chi connectivity index (χ2v) is 10.3. The second-order valence-electron chi connectivity index (χ2n) is 9.34. The molecule has 4 aromatic carbocycles. The molecule has 0 radical (unpaired) electrons. The Bertz CT molecular complexity index is 1730. The maximum Gasteiger partial charge on any atom is 0.342 e. The van der Waals surface area contributed by atoms with Gasteiger partial charge in [0.1, 0.15) is 11.3 Å². The number of hydrogen-bond donors (Lipinski definition) is 0. The van der Waals surface area contributed by atoms with E-state index in [0.717, 1.165) is 38.2 Å². The van der Waals surface area contributed by atoms with Crippen LogP contribution in [-0.4, -0.2) is 27.3 Å². The molecule has 0 aliphatic rings. The molecule has 0 atom stereocenters. The molecule has 7 heteroatoms. The quantitative estimate of drug-likeness (QED) is 0.168. The summed E-state index contributed by atoms with van der Waals surface area (Å²) >= 11 is 1.52. The molecule has 41 heavy (non-hydrogen) atoms. The van der Waals surface area contributed by atoms with Crippen LogP contribution in [0.4, 0.5) is 10.8 Å². The van der Waals surface area contributed by atoms with Gasteiger partial charge in [0.25, 0.3) is 0 Å². The molecule has 6 rings (SSSR count). The topological polar surface area (TPSA) is 60.3 Å². The summed E-state index contributed by atoms with van der Waals surface area (Å²) < 4.78 is 7.20. The van der Waals surface area contributed by atoms with E-state index >= 15 is 0 Å². The van der Waals surface area contributed by atoms with E-state index < -0.39 is 5.97 Å². The molecule has 0 saturated carbocycles. The number of aromatic nitrogens is 3. The van der Waals surface area contributed by atoms with Crippen molar-refractivity contribution in [2.75, 3.05) is 11.5 Å². The average molecular weight is 557 g/mol. The van der Waals surface area contributed by atoms with Gasteiger partial charge in [-0.15, -0.1) is 0 Å². The first kappa shape index (κ1) is 26.2. The van der Waals surface area contributed by atoms with Crippen LogP contribution in [-0.2, 0) is 11.3 Å². The van der Waals surface area contributed by atoms with Crippen LogP contribution >= 0.6 is 11.3 Å². The van der Waals surface area contributed by atoms with Gasteiger partial charge in [-0.2, -0.15) is 5.10 Å². The molecule has 202 valence electrons. The first-order chi connectivity index (χ1) is 20.2. The first-order valence-corrected chi connectivity index (χ1v) is 14.3. The van der Waals surface area contributed by atoms with Gasteiger partial charge in [-0.3, -0.25) is 0 Å². The third-order valence-electron chi connectivity index (χ3n) is 6.59. The lowest BCUT2D eigenvalue weighted by molar-refractivity contribution is 0.0527. The lowest BCUT2D eigenvalue weighted by Crippen LogP contribution is -2.16. The molecule has 0 saturated heterocycles. The Kier molecular flexibility index (Phi) is 7.69. The molecule has 0 aliphatic heterocycles. The predicted octanol–water partition coefficient (Wildman–Crippen LogP) is 8.18. The van der Waals surface area contributed by atoms with Gasteiger partial charge in [0.15, 0.2) is 5.13 Å². The standard InChI is InChI=1S/C34H28N4O2S/c1-2-40-33(39)29-24-38(28-21-13-6-14-22-28)36-31(29)32-30(26-17-9-4-10-18-26)35-34(41-32)37(27-19-11-5-12-20-27)23-25-15-7-3-8-16-25/h3-22,24H,2,23H2,1H3. The zero-order chi connectivity index (χ0) is 28.0. The zero-order valence-corrected chi connectivity index (χ0v) is 23.4. The molecule has 2 heterocycles. The molecule has 2 aromatic heterocycles.